The van der Waals surface area contributed by atoms with Crippen molar-refractivity contribution in [3.05, 3.63) is 85.3 Å². The summed E-state index contributed by atoms with van der Waals surface area (Å²) in [6, 6.07) is 0.622. The smallest absolute Gasteiger partial charge is 0.288 e. The van der Waals surface area contributed by atoms with Gasteiger partial charge in [0.2, 0.25) is 5.78 Å². The third-order valence-electron chi connectivity index (χ3n) is 4.62. The van der Waals surface area contributed by atoms with Crippen LogP contribution in [0.2, 0.25) is 0 Å². The van der Waals surface area contributed by atoms with Crippen molar-refractivity contribution in [2.45, 2.75) is 19.3 Å². The molecule has 16 heteroatoms. The van der Waals surface area contributed by atoms with Gasteiger partial charge in [-0.1, -0.05) is 0 Å². The highest BCUT2D eigenvalue weighted by atomic mass is 19.4. The highest BCUT2D eigenvalue weighted by molar-refractivity contribution is 6.09. The second-order valence-electron chi connectivity index (χ2n) is 6.90. The van der Waals surface area contributed by atoms with E-state index in [0.29, 0.717) is 6.07 Å². The fraction of sp³-hybridized carbons (Fsp3) is 0.158. The van der Waals surface area contributed by atoms with Gasteiger partial charge < -0.3 is 0 Å². The second kappa shape index (κ2) is 8.20. The maximum Gasteiger partial charge on any atom is 0.433 e. The summed E-state index contributed by atoms with van der Waals surface area (Å²) >= 11 is 0. The largest absolute Gasteiger partial charge is 0.433 e. The average Bonchev–Trinajstić information content (AvgIpc) is 3.06. The van der Waals surface area contributed by atoms with Gasteiger partial charge in [-0.3, -0.25) is 14.7 Å². The van der Waals surface area contributed by atoms with Crippen LogP contribution in [0.1, 0.15) is 32.7 Å². The van der Waals surface area contributed by atoms with E-state index in [2.05, 4.69) is 0 Å². The minimum Gasteiger partial charge on any atom is -0.288 e. The van der Waals surface area contributed by atoms with Crippen molar-refractivity contribution >= 4 is 5.78 Å². The number of aryl methyl sites for hydroxylation is 1. The standard InChI is InChI=1S/C19H6F12N2O2/c1-4-2-5(3-6(20)9(4)21)15(34)7-16(19(29,30)31)32-33(17(7)35)14-12(24)10(22)8(18(26,27)28)11(23)13(14)25/h2-3,32H,1H3. The molecule has 0 atom stereocenters. The fourth-order valence-corrected chi connectivity index (χ4v) is 3.08. The molecule has 1 aromatic heterocycles. The van der Waals surface area contributed by atoms with Gasteiger partial charge in [0.15, 0.2) is 40.6 Å². The van der Waals surface area contributed by atoms with Crippen molar-refractivity contribution < 1.29 is 57.5 Å². The number of ketones is 1. The number of nitrogens with one attached hydrogen (secondary N) is 1. The molecule has 0 unspecified atom stereocenters. The fourth-order valence-electron chi connectivity index (χ4n) is 3.08. The van der Waals surface area contributed by atoms with E-state index in [9.17, 15) is 62.3 Å². The number of alkyl halides is 6. The Labute approximate surface area is 184 Å². The Morgan fingerprint density at radius 3 is 1.74 bits per heavy atom. The molecule has 0 amide bonds. The number of carbonyl (C=O) groups is 1. The molecule has 1 N–H and O–H groups in total. The van der Waals surface area contributed by atoms with Gasteiger partial charge in [0.1, 0.15) is 16.8 Å². The number of nitrogens with zero attached hydrogens (tertiary/aromatic N) is 1. The molecule has 0 radical (unpaired) electrons. The van der Waals surface area contributed by atoms with Gasteiger partial charge in [-0.15, -0.1) is 0 Å². The molecular formula is C19H6F12N2O2. The second-order valence-corrected chi connectivity index (χ2v) is 6.90. The van der Waals surface area contributed by atoms with E-state index in [4.69, 9.17) is 0 Å². The van der Waals surface area contributed by atoms with Gasteiger partial charge in [-0.05, 0) is 24.6 Å². The van der Waals surface area contributed by atoms with Crippen molar-refractivity contribution in [1.82, 2.24) is 9.78 Å². The van der Waals surface area contributed by atoms with Crippen molar-refractivity contribution in [2.24, 2.45) is 0 Å². The molecule has 3 aromatic rings. The molecule has 0 fully saturated rings. The van der Waals surface area contributed by atoms with Crippen LogP contribution >= 0.6 is 0 Å². The number of aromatic amines is 1. The lowest BCUT2D eigenvalue weighted by Crippen LogP contribution is -2.25. The number of hydrogen-bond acceptors (Lipinski definition) is 2. The number of rotatable bonds is 3. The summed E-state index contributed by atoms with van der Waals surface area (Å²) in [5, 5.41) is 0.988. The van der Waals surface area contributed by atoms with E-state index >= 15 is 0 Å². The lowest BCUT2D eigenvalue weighted by Gasteiger charge is -2.14. The van der Waals surface area contributed by atoms with Gasteiger partial charge in [0.05, 0.1) is 0 Å². The Bertz CT molecular complexity index is 1380. The Morgan fingerprint density at radius 2 is 1.31 bits per heavy atom. The normalized spacial score (nSPS) is 12.4. The van der Waals surface area contributed by atoms with Crippen LogP contribution in [0.4, 0.5) is 52.7 Å². The van der Waals surface area contributed by atoms with Crippen LogP contribution in [0.15, 0.2) is 16.9 Å². The molecule has 188 valence electrons. The molecule has 2 aromatic carbocycles. The topological polar surface area (TPSA) is 54.9 Å². The summed E-state index contributed by atoms with van der Waals surface area (Å²) in [6.07, 6.45) is -11.7. The molecule has 1 heterocycles. The zero-order valence-electron chi connectivity index (χ0n) is 16.5. The predicted molar refractivity (Wildman–Crippen MR) is 90.8 cm³/mol. The lowest BCUT2D eigenvalue weighted by atomic mass is 10.0. The SMILES string of the molecule is Cc1cc(C(=O)c2c(C(F)(F)F)[nH]n(-c3c(F)c(F)c(C(F)(F)F)c(F)c3F)c2=O)cc(F)c1F. The number of carbonyl (C=O) groups excluding carboxylic acids is 1. The summed E-state index contributed by atoms with van der Waals surface area (Å²) in [5.74, 6) is -17.2. The van der Waals surface area contributed by atoms with Crippen LogP contribution in [0, 0.1) is 41.8 Å². The van der Waals surface area contributed by atoms with E-state index in [1.54, 1.807) is 0 Å². The molecule has 0 aliphatic carbocycles. The Balaban J connectivity index is 2.39. The van der Waals surface area contributed by atoms with Crippen molar-refractivity contribution in [3.8, 4) is 5.69 Å². The van der Waals surface area contributed by atoms with Gasteiger partial charge in [-0.2, -0.15) is 26.3 Å². The Morgan fingerprint density at radius 1 is 0.800 bits per heavy atom. The molecule has 0 bridgehead atoms. The number of halogens is 12. The summed E-state index contributed by atoms with van der Waals surface area (Å²) < 4.78 is 161. The summed E-state index contributed by atoms with van der Waals surface area (Å²) in [4.78, 5) is 25.1. The van der Waals surface area contributed by atoms with Gasteiger partial charge in [0, 0.05) is 5.56 Å². The van der Waals surface area contributed by atoms with Gasteiger partial charge in [0.25, 0.3) is 5.56 Å². The van der Waals surface area contributed by atoms with E-state index in [0.717, 1.165) is 12.0 Å². The van der Waals surface area contributed by atoms with Crippen molar-refractivity contribution in [1.29, 1.82) is 0 Å². The first-order chi connectivity index (χ1) is 15.9. The first kappa shape index (κ1) is 25.9. The quantitative estimate of drug-likeness (QED) is 0.278. The molecule has 0 saturated carbocycles. The minimum absolute atomic E-state index is 0.0974. The molecule has 0 spiro atoms. The molecule has 0 aliphatic rings. The monoisotopic (exact) mass is 522 g/mol. The highest BCUT2D eigenvalue weighted by Crippen LogP contribution is 2.38. The predicted octanol–water partition coefficient (Wildman–Crippen LogP) is 5.58. The zero-order valence-corrected chi connectivity index (χ0v) is 16.5. The first-order valence-corrected chi connectivity index (χ1v) is 8.75. The third kappa shape index (κ3) is 4.16. The van der Waals surface area contributed by atoms with Crippen molar-refractivity contribution in [2.75, 3.05) is 0 Å². The van der Waals surface area contributed by atoms with Crippen LogP contribution in [-0.4, -0.2) is 15.6 Å². The first-order valence-electron chi connectivity index (χ1n) is 8.75. The van der Waals surface area contributed by atoms with E-state index in [1.807, 2.05) is 0 Å². The van der Waals surface area contributed by atoms with Crippen LogP contribution in [-0.2, 0) is 12.4 Å². The molecule has 35 heavy (non-hydrogen) atoms. The maximum absolute atomic E-state index is 14.3. The van der Waals surface area contributed by atoms with E-state index < -0.39 is 96.9 Å². The number of benzene rings is 2. The van der Waals surface area contributed by atoms with Crippen LogP contribution < -0.4 is 5.56 Å². The van der Waals surface area contributed by atoms with Crippen LogP contribution in [0.3, 0.4) is 0 Å². The molecular weight excluding hydrogens is 516 g/mol. The summed E-state index contributed by atoms with van der Waals surface area (Å²) in [5.41, 5.74) is -13.7. The van der Waals surface area contributed by atoms with Crippen molar-refractivity contribution in [3.63, 3.8) is 0 Å². The average molecular weight is 522 g/mol. The molecule has 4 nitrogen and oxygen atoms in total. The van der Waals surface area contributed by atoms with E-state index in [-0.39, 0.29) is 6.07 Å². The van der Waals surface area contributed by atoms with E-state index in [1.165, 1.54) is 0 Å². The zero-order chi connectivity index (χ0) is 26.8. The number of hydrogen-bond donors (Lipinski definition) is 1. The summed E-state index contributed by atoms with van der Waals surface area (Å²) in [6.45, 7) is 0.897. The van der Waals surface area contributed by atoms with Crippen LogP contribution in [0.25, 0.3) is 5.69 Å². The number of H-pyrrole nitrogens is 1. The molecule has 0 saturated heterocycles. The highest BCUT2D eigenvalue weighted by Gasteiger charge is 2.45. The summed E-state index contributed by atoms with van der Waals surface area (Å²) in [7, 11) is 0. The van der Waals surface area contributed by atoms with Gasteiger partial charge in [-0.25, -0.2) is 31.0 Å². The maximum atomic E-state index is 14.3. The minimum atomic E-state index is -5.99. The molecule has 0 aliphatic heterocycles. The van der Waals surface area contributed by atoms with Crippen LogP contribution in [0.5, 0.6) is 0 Å². The Kier molecular flexibility index (Phi) is 6.06. The lowest BCUT2D eigenvalue weighted by molar-refractivity contribution is -0.143. The number of aromatic nitrogens is 2. The van der Waals surface area contributed by atoms with Gasteiger partial charge >= 0.3 is 12.4 Å². The Hall–Kier alpha value is -3.72. The molecule has 3 rings (SSSR count). The third-order valence-corrected chi connectivity index (χ3v) is 4.62.